The second-order valence-corrected chi connectivity index (χ2v) is 9.02. The molecule has 2 aliphatic rings. The van der Waals surface area contributed by atoms with Gasteiger partial charge in [0, 0.05) is 43.7 Å². The topological polar surface area (TPSA) is 102 Å². The summed E-state index contributed by atoms with van der Waals surface area (Å²) in [7, 11) is 0. The number of nitrogens with one attached hydrogen (secondary N) is 3. The lowest BCUT2D eigenvalue weighted by atomic mass is 10.0. The van der Waals surface area contributed by atoms with E-state index in [0.29, 0.717) is 23.6 Å². The molecule has 2 aliphatic heterocycles. The maximum Gasteiger partial charge on any atom is 0.270 e. The van der Waals surface area contributed by atoms with E-state index in [2.05, 4.69) is 31.0 Å². The molecule has 0 bridgehead atoms. The molecule has 4 rings (SSSR count). The van der Waals surface area contributed by atoms with Crippen LogP contribution < -0.4 is 16.0 Å². The van der Waals surface area contributed by atoms with Gasteiger partial charge in [-0.3, -0.25) is 9.69 Å². The number of aromatic nitrogens is 2. The summed E-state index contributed by atoms with van der Waals surface area (Å²) in [5, 5.41) is 28.3. The van der Waals surface area contributed by atoms with Crippen molar-refractivity contribution in [3.63, 3.8) is 0 Å². The van der Waals surface area contributed by atoms with Gasteiger partial charge in [0.15, 0.2) is 0 Å². The van der Waals surface area contributed by atoms with Crippen LogP contribution in [0.15, 0.2) is 24.3 Å². The summed E-state index contributed by atoms with van der Waals surface area (Å²) in [5.41, 5.74) is 1.31. The van der Waals surface area contributed by atoms with Crippen LogP contribution in [0.3, 0.4) is 0 Å². The van der Waals surface area contributed by atoms with E-state index in [-0.39, 0.29) is 29.3 Å². The average Bonchev–Trinajstić information content (AvgIpc) is 2.71. The van der Waals surface area contributed by atoms with E-state index >= 15 is 0 Å². The first-order valence-corrected chi connectivity index (χ1v) is 11.2. The molecule has 2 saturated heterocycles. The molecule has 10 heteroatoms. The quantitative estimate of drug-likeness (QED) is 0.503. The Morgan fingerprint density at radius 3 is 2.70 bits per heavy atom. The Balaban J connectivity index is 1.38. The maximum absolute atomic E-state index is 13.5. The molecule has 0 unspecified atom stereocenters. The fourth-order valence-electron chi connectivity index (χ4n) is 4.22. The van der Waals surface area contributed by atoms with Gasteiger partial charge >= 0.3 is 0 Å². The summed E-state index contributed by atoms with van der Waals surface area (Å²) < 4.78 is 27.0. The number of amides is 1. The zero-order chi connectivity index (χ0) is 23.6. The second kappa shape index (κ2) is 9.56. The van der Waals surface area contributed by atoms with Gasteiger partial charge in [-0.1, -0.05) is 6.07 Å². The number of phenols is 1. The van der Waals surface area contributed by atoms with E-state index in [1.807, 2.05) is 13.0 Å². The molecule has 1 aromatic carbocycles. The lowest BCUT2D eigenvalue weighted by Crippen LogP contribution is -2.58. The van der Waals surface area contributed by atoms with Crippen molar-refractivity contribution in [1.82, 2.24) is 25.7 Å². The summed E-state index contributed by atoms with van der Waals surface area (Å²) >= 11 is 0. The Labute approximate surface area is 191 Å². The van der Waals surface area contributed by atoms with Crippen LogP contribution in [-0.4, -0.2) is 70.9 Å². The minimum Gasteiger partial charge on any atom is -0.507 e. The Morgan fingerprint density at radius 2 is 2.06 bits per heavy atom. The van der Waals surface area contributed by atoms with Gasteiger partial charge in [0.05, 0.1) is 18.3 Å². The fraction of sp³-hybridized carbons (Fsp3) is 0.522. The van der Waals surface area contributed by atoms with Gasteiger partial charge in [0.25, 0.3) is 5.92 Å². The number of nitrogens with zero attached hydrogens (tertiary/aromatic N) is 3. The number of likely N-dealkylation sites (tertiary alicyclic amines) is 1. The Kier molecular flexibility index (Phi) is 6.76. The molecule has 8 nitrogen and oxygen atoms in total. The third-order valence-corrected chi connectivity index (χ3v) is 6.12. The lowest BCUT2D eigenvalue weighted by Gasteiger charge is -2.34. The van der Waals surface area contributed by atoms with E-state index in [0.717, 1.165) is 57.6 Å². The molecule has 33 heavy (non-hydrogen) atoms. The van der Waals surface area contributed by atoms with Gasteiger partial charge in [-0.2, -0.15) is 0 Å². The fourth-order valence-corrected chi connectivity index (χ4v) is 4.22. The predicted molar refractivity (Wildman–Crippen MR) is 121 cm³/mol. The highest BCUT2D eigenvalue weighted by molar-refractivity contribution is 5.78. The van der Waals surface area contributed by atoms with Crippen LogP contribution in [0.25, 0.3) is 11.3 Å². The standard InChI is InChI=1S/C23H30F2N6O2/c1-14-8-20(29-30-22(14)18-6-5-15(9-19(18)32)23(2,24)25)27-16-4-3-7-31(12-16)13-21(33)28-17-10-26-11-17/h5-6,8-9,16-17,26,32H,3-4,7,10-13H2,1-2H3,(H,27,29)(H,28,33)/t16-/m1/s1. The third-order valence-electron chi connectivity index (χ3n) is 6.12. The van der Waals surface area contributed by atoms with Crippen LogP contribution in [-0.2, 0) is 10.7 Å². The van der Waals surface area contributed by atoms with Crippen molar-refractivity contribution in [1.29, 1.82) is 0 Å². The molecular weight excluding hydrogens is 430 g/mol. The SMILES string of the molecule is Cc1cc(N[C@@H]2CCCN(CC(=O)NC3CNC3)C2)nnc1-c1ccc(C(C)(F)F)cc1O. The number of alkyl halides is 2. The first kappa shape index (κ1) is 23.3. The highest BCUT2D eigenvalue weighted by Gasteiger charge is 2.26. The number of anilines is 1. The molecule has 1 atom stereocenters. The van der Waals surface area contributed by atoms with E-state index in [1.165, 1.54) is 12.1 Å². The van der Waals surface area contributed by atoms with Crippen molar-refractivity contribution in [2.45, 2.75) is 44.7 Å². The summed E-state index contributed by atoms with van der Waals surface area (Å²) in [6.45, 7) is 6.27. The zero-order valence-electron chi connectivity index (χ0n) is 18.9. The van der Waals surface area contributed by atoms with Gasteiger partial charge in [0.2, 0.25) is 5.91 Å². The average molecular weight is 461 g/mol. The van der Waals surface area contributed by atoms with Crippen molar-refractivity contribution in [2.75, 3.05) is 38.0 Å². The number of aromatic hydroxyl groups is 1. The van der Waals surface area contributed by atoms with Crippen LogP contribution in [0, 0.1) is 6.92 Å². The van der Waals surface area contributed by atoms with Crippen LogP contribution in [0.4, 0.5) is 14.6 Å². The number of rotatable bonds is 7. The van der Waals surface area contributed by atoms with E-state index in [1.54, 1.807) is 0 Å². The first-order chi connectivity index (χ1) is 15.7. The highest BCUT2D eigenvalue weighted by Crippen LogP contribution is 2.36. The van der Waals surface area contributed by atoms with Crippen LogP contribution in [0.1, 0.15) is 30.9 Å². The Hall–Kier alpha value is -2.85. The van der Waals surface area contributed by atoms with E-state index in [9.17, 15) is 18.7 Å². The van der Waals surface area contributed by atoms with Crippen molar-refractivity contribution in [3.8, 4) is 17.0 Å². The number of aryl methyl sites for hydroxylation is 1. The summed E-state index contributed by atoms with van der Waals surface area (Å²) in [6, 6.07) is 6.00. The smallest absolute Gasteiger partial charge is 0.270 e. The Morgan fingerprint density at radius 1 is 1.27 bits per heavy atom. The number of hydrogen-bond acceptors (Lipinski definition) is 7. The number of hydrogen-bond donors (Lipinski definition) is 4. The van der Waals surface area contributed by atoms with Crippen LogP contribution in [0.2, 0.25) is 0 Å². The minimum absolute atomic E-state index is 0.0498. The number of carbonyl (C=O) groups is 1. The van der Waals surface area contributed by atoms with Crippen molar-refractivity contribution >= 4 is 11.7 Å². The van der Waals surface area contributed by atoms with Crippen LogP contribution in [0.5, 0.6) is 5.75 Å². The number of phenolic OH excluding ortho intramolecular Hbond substituents is 1. The number of benzene rings is 1. The molecule has 1 aromatic heterocycles. The normalized spacial score (nSPS) is 19.7. The van der Waals surface area contributed by atoms with Gasteiger partial charge in [-0.05, 0) is 50.1 Å². The highest BCUT2D eigenvalue weighted by atomic mass is 19.3. The molecule has 0 saturated carbocycles. The van der Waals surface area contributed by atoms with Gasteiger partial charge in [-0.15, -0.1) is 10.2 Å². The lowest BCUT2D eigenvalue weighted by molar-refractivity contribution is -0.123. The molecule has 2 aromatic rings. The second-order valence-electron chi connectivity index (χ2n) is 9.02. The molecule has 4 N–H and O–H groups in total. The maximum atomic E-state index is 13.5. The molecule has 1 amide bonds. The molecule has 0 radical (unpaired) electrons. The summed E-state index contributed by atoms with van der Waals surface area (Å²) in [6.07, 6.45) is 1.93. The first-order valence-electron chi connectivity index (χ1n) is 11.2. The predicted octanol–water partition coefficient (Wildman–Crippen LogP) is 2.23. The molecule has 178 valence electrons. The minimum atomic E-state index is -3.03. The molecule has 3 heterocycles. The largest absolute Gasteiger partial charge is 0.507 e. The van der Waals surface area contributed by atoms with E-state index < -0.39 is 5.92 Å². The molecule has 0 aliphatic carbocycles. The zero-order valence-corrected chi connectivity index (χ0v) is 18.9. The monoisotopic (exact) mass is 460 g/mol. The Bertz CT molecular complexity index is 1010. The molecular formula is C23H30F2N6O2. The van der Waals surface area contributed by atoms with Crippen molar-refractivity contribution < 1.29 is 18.7 Å². The van der Waals surface area contributed by atoms with Gasteiger partial charge < -0.3 is 21.1 Å². The van der Waals surface area contributed by atoms with Crippen molar-refractivity contribution in [2.24, 2.45) is 0 Å². The van der Waals surface area contributed by atoms with Gasteiger partial charge in [0.1, 0.15) is 11.6 Å². The number of carbonyl (C=O) groups excluding carboxylic acids is 1. The number of halogens is 2. The van der Waals surface area contributed by atoms with Gasteiger partial charge in [-0.25, -0.2) is 8.78 Å². The third kappa shape index (κ3) is 5.75. The summed E-state index contributed by atoms with van der Waals surface area (Å²) in [5.74, 6) is -2.64. The van der Waals surface area contributed by atoms with Crippen LogP contribution >= 0.6 is 0 Å². The van der Waals surface area contributed by atoms with E-state index in [4.69, 9.17) is 0 Å². The van der Waals surface area contributed by atoms with Crippen molar-refractivity contribution in [3.05, 3.63) is 35.4 Å². The number of piperidine rings is 1. The molecule has 2 fully saturated rings. The summed E-state index contributed by atoms with van der Waals surface area (Å²) in [4.78, 5) is 14.4. The molecule has 0 spiro atoms.